The van der Waals surface area contributed by atoms with Crippen LogP contribution in [0.15, 0.2) is 35.3 Å². The van der Waals surface area contributed by atoms with Crippen LogP contribution in [0.25, 0.3) is 0 Å². The summed E-state index contributed by atoms with van der Waals surface area (Å²) in [4.78, 5) is 12.8. The lowest BCUT2D eigenvalue weighted by Gasteiger charge is -2.41. The summed E-state index contributed by atoms with van der Waals surface area (Å²) in [5, 5.41) is 0. The molecule has 1 unspecified atom stereocenters. The van der Waals surface area contributed by atoms with E-state index in [1.54, 1.807) is 0 Å². The molecule has 0 saturated carbocycles. The Hall–Kier alpha value is -1.39. The SMILES string of the molecule is CN1CCN(C2C(=NC(C)(C)C)N(c3ccccc3)CC2(C)C)CC1. The van der Waals surface area contributed by atoms with Crippen LogP contribution in [-0.4, -0.2) is 67.0 Å². The second-order valence-electron chi connectivity index (χ2n) is 9.29. The number of nitrogens with zero attached hydrogens (tertiary/aromatic N) is 4. The highest BCUT2D eigenvalue weighted by atomic mass is 15.4. The minimum Gasteiger partial charge on any atom is -0.328 e. The third kappa shape index (κ3) is 4.06. The predicted octanol–water partition coefficient (Wildman–Crippen LogP) is 3.35. The average Bonchev–Trinajstić information content (AvgIpc) is 2.78. The molecule has 25 heavy (non-hydrogen) atoms. The van der Waals surface area contributed by atoms with Gasteiger partial charge >= 0.3 is 0 Å². The molecule has 4 nitrogen and oxygen atoms in total. The summed E-state index contributed by atoms with van der Waals surface area (Å²) in [6.07, 6.45) is 0. The fourth-order valence-electron chi connectivity index (χ4n) is 4.11. The smallest absolute Gasteiger partial charge is 0.122 e. The molecule has 1 aromatic rings. The van der Waals surface area contributed by atoms with Gasteiger partial charge in [0, 0.05) is 43.8 Å². The second-order valence-corrected chi connectivity index (χ2v) is 9.29. The fraction of sp³-hybridized carbons (Fsp3) is 0.667. The Labute approximate surface area is 153 Å². The van der Waals surface area contributed by atoms with E-state index < -0.39 is 0 Å². The number of anilines is 1. The number of hydrogen-bond acceptors (Lipinski definition) is 3. The highest BCUT2D eigenvalue weighted by Gasteiger charge is 2.48. The van der Waals surface area contributed by atoms with Gasteiger partial charge in [0.05, 0.1) is 11.6 Å². The van der Waals surface area contributed by atoms with Gasteiger partial charge in [-0.15, -0.1) is 0 Å². The maximum atomic E-state index is 5.22. The van der Waals surface area contributed by atoms with Crippen LogP contribution in [0.1, 0.15) is 34.6 Å². The van der Waals surface area contributed by atoms with Gasteiger partial charge < -0.3 is 9.80 Å². The third-order valence-corrected chi connectivity index (χ3v) is 5.25. The van der Waals surface area contributed by atoms with Crippen LogP contribution in [0, 0.1) is 5.41 Å². The van der Waals surface area contributed by atoms with Crippen LogP contribution >= 0.6 is 0 Å². The van der Waals surface area contributed by atoms with E-state index in [4.69, 9.17) is 4.99 Å². The molecule has 0 aromatic heterocycles. The molecule has 2 aliphatic rings. The Bertz CT molecular complexity index is 607. The van der Waals surface area contributed by atoms with Gasteiger partial charge in [0.15, 0.2) is 0 Å². The summed E-state index contributed by atoms with van der Waals surface area (Å²) in [6, 6.07) is 11.1. The summed E-state index contributed by atoms with van der Waals surface area (Å²) in [5.74, 6) is 1.24. The van der Waals surface area contributed by atoms with Crippen molar-refractivity contribution in [2.24, 2.45) is 10.4 Å². The Morgan fingerprint density at radius 3 is 2.16 bits per heavy atom. The van der Waals surface area contributed by atoms with Gasteiger partial charge in [0.1, 0.15) is 5.84 Å². The van der Waals surface area contributed by atoms with Crippen LogP contribution in [0.5, 0.6) is 0 Å². The molecular formula is C21H34N4. The van der Waals surface area contributed by atoms with Gasteiger partial charge in [0.25, 0.3) is 0 Å². The molecule has 0 bridgehead atoms. The molecular weight excluding hydrogens is 308 g/mol. The van der Waals surface area contributed by atoms with Crippen molar-refractivity contribution in [2.75, 3.05) is 44.7 Å². The predicted molar refractivity (Wildman–Crippen MR) is 108 cm³/mol. The van der Waals surface area contributed by atoms with E-state index in [9.17, 15) is 0 Å². The highest BCUT2D eigenvalue weighted by molar-refractivity contribution is 6.04. The Morgan fingerprint density at radius 1 is 1.00 bits per heavy atom. The molecule has 2 saturated heterocycles. The number of para-hydroxylation sites is 1. The summed E-state index contributed by atoms with van der Waals surface area (Å²) >= 11 is 0. The lowest BCUT2D eigenvalue weighted by molar-refractivity contribution is 0.0938. The molecule has 3 rings (SSSR count). The van der Waals surface area contributed by atoms with Crippen LogP contribution in [-0.2, 0) is 0 Å². The second kappa shape index (κ2) is 6.73. The van der Waals surface area contributed by atoms with Crippen molar-refractivity contribution < 1.29 is 0 Å². The molecule has 0 spiro atoms. The maximum absolute atomic E-state index is 5.22. The molecule has 0 radical (unpaired) electrons. The number of rotatable bonds is 2. The van der Waals surface area contributed by atoms with E-state index in [0.717, 1.165) is 32.7 Å². The monoisotopic (exact) mass is 342 g/mol. The van der Waals surface area contributed by atoms with Crippen molar-refractivity contribution in [3.8, 4) is 0 Å². The summed E-state index contributed by atoms with van der Waals surface area (Å²) in [6.45, 7) is 17.0. The minimum atomic E-state index is -0.0758. The van der Waals surface area contributed by atoms with Gasteiger partial charge in [0.2, 0.25) is 0 Å². The number of amidine groups is 1. The first kappa shape index (κ1) is 18.4. The molecule has 2 fully saturated rings. The van der Waals surface area contributed by atoms with E-state index in [-0.39, 0.29) is 11.0 Å². The number of aliphatic imine (C=N–C) groups is 1. The molecule has 2 aliphatic heterocycles. The zero-order chi connectivity index (χ0) is 18.2. The normalized spacial score (nSPS) is 27.2. The lowest BCUT2D eigenvalue weighted by Crippen LogP contribution is -2.55. The lowest BCUT2D eigenvalue weighted by atomic mass is 9.85. The topological polar surface area (TPSA) is 22.1 Å². The van der Waals surface area contributed by atoms with Gasteiger partial charge in [-0.05, 0) is 40.0 Å². The van der Waals surface area contributed by atoms with Crippen molar-refractivity contribution in [2.45, 2.75) is 46.2 Å². The Balaban J connectivity index is 2.00. The molecule has 138 valence electrons. The highest BCUT2D eigenvalue weighted by Crippen LogP contribution is 2.39. The summed E-state index contributed by atoms with van der Waals surface area (Å²) in [5.41, 5.74) is 1.36. The van der Waals surface area contributed by atoms with E-state index in [1.807, 2.05) is 0 Å². The summed E-state index contributed by atoms with van der Waals surface area (Å²) in [7, 11) is 2.22. The van der Waals surface area contributed by atoms with Crippen LogP contribution in [0.2, 0.25) is 0 Å². The average molecular weight is 343 g/mol. The first-order chi connectivity index (χ1) is 11.7. The molecule has 1 aromatic carbocycles. The molecule has 1 atom stereocenters. The van der Waals surface area contributed by atoms with Gasteiger partial charge in [-0.25, -0.2) is 0 Å². The maximum Gasteiger partial charge on any atom is 0.122 e. The zero-order valence-corrected chi connectivity index (χ0v) is 16.8. The number of piperazine rings is 1. The molecule has 2 heterocycles. The van der Waals surface area contributed by atoms with E-state index in [1.165, 1.54) is 11.5 Å². The molecule has 0 N–H and O–H groups in total. The summed E-state index contributed by atoms with van der Waals surface area (Å²) < 4.78 is 0. The first-order valence-corrected chi connectivity index (χ1v) is 9.52. The fourth-order valence-corrected chi connectivity index (χ4v) is 4.11. The van der Waals surface area contributed by atoms with Gasteiger partial charge in [-0.2, -0.15) is 0 Å². The van der Waals surface area contributed by atoms with Gasteiger partial charge in [-0.1, -0.05) is 32.0 Å². The van der Waals surface area contributed by atoms with E-state index in [0.29, 0.717) is 6.04 Å². The van der Waals surface area contributed by atoms with Gasteiger partial charge in [-0.3, -0.25) is 9.89 Å². The minimum absolute atomic E-state index is 0.0758. The molecule has 0 aliphatic carbocycles. The van der Waals surface area contributed by atoms with Crippen molar-refractivity contribution in [1.82, 2.24) is 9.80 Å². The van der Waals surface area contributed by atoms with Crippen LogP contribution in [0.3, 0.4) is 0 Å². The standard InChI is InChI=1S/C21H34N4/c1-20(2,3)22-19-18(24-14-12-23(6)13-15-24)21(4,5)16-25(19)17-10-8-7-9-11-17/h7-11,18H,12-16H2,1-6H3. The van der Waals surface area contributed by atoms with Crippen LogP contribution in [0.4, 0.5) is 5.69 Å². The Kier molecular flexibility index (Phi) is 4.95. The van der Waals surface area contributed by atoms with Crippen molar-refractivity contribution in [1.29, 1.82) is 0 Å². The number of benzene rings is 1. The first-order valence-electron chi connectivity index (χ1n) is 9.52. The number of likely N-dealkylation sites (N-methyl/N-ethyl adjacent to an activating group) is 1. The molecule has 0 amide bonds. The van der Waals surface area contributed by atoms with Crippen molar-refractivity contribution in [3.05, 3.63) is 30.3 Å². The van der Waals surface area contributed by atoms with E-state index >= 15 is 0 Å². The molecule has 4 heteroatoms. The van der Waals surface area contributed by atoms with Crippen LogP contribution < -0.4 is 4.90 Å². The zero-order valence-electron chi connectivity index (χ0n) is 16.8. The third-order valence-electron chi connectivity index (χ3n) is 5.25. The van der Waals surface area contributed by atoms with E-state index in [2.05, 4.69) is 86.7 Å². The quantitative estimate of drug-likeness (QED) is 0.823. The number of hydrogen-bond donors (Lipinski definition) is 0. The van der Waals surface area contributed by atoms with Crippen molar-refractivity contribution >= 4 is 11.5 Å². The Morgan fingerprint density at radius 2 is 1.60 bits per heavy atom. The van der Waals surface area contributed by atoms with Crippen molar-refractivity contribution in [3.63, 3.8) is 0 Å². The largest absolute Gasteiger partial charge is 0.328 e.